The largest absolute Gasteiger partial charge is 0.494 e. The third-order valence-corrected chi connectivity index (χ3v) is 5.12. The molecule has 3 rings (SSSR count). The number of rotatable bonds is 9. The molecule has 182 valence electrons. The second-order valence-electron chi connectivity index (χ2n) is 7.66. The number of nitriles is 1. The molecule has 0 N–H and O–H groups in total. The third-order valence-electron chi connectivity index (χ3n) is 5.12. The number of methoxy groups -OCH3 is 1. The van der Waals surface area contributed by atoms with Gasteiger partial charge in [0.25, 0.3) is 5.91 Å². The van der Waals surface area contributed by atoms with Crippen LogP contribution in [0.2, 0.25) is 0 Å². The quantitative estimate of drug-likeness (QED) is 0.235. The molecule has 0 aliphatic carbocycles. The number of morpholine rings is 1. The minimum absolute atomic E-state index is 0.00717. The Bertz CT molecular complexity index is 1130. The number of benzene rings is 2. The van der Waals surface area contributed by atoms with Crippen LogP contribution in [-0.2, 0) is 14.3 Å². The van der Waals surface area contributed by atoms with E-state index in [4.69, 9.17) is 18.9 Å². The van der Waals surface area contributed by atoms with Crippen LogP contribution >= 0.6 is 0 Å². The van der Waals surface area contributed by atoms with E-state index < -0.39 is 5.97 Å². The summed E-state index contributed by atoms with van der Waals surface area (Å²) in [5.74, 6) is 0.379. The van der Waals surface area contributed by atoms with Crippen molar-refractivity contribution >= 4 is 24.0 Å². The van der Waals surface area contributed by atoms with Crippen LogP contribution in [0.4, 0.5) is 0 Å². The van der Waals surface area contributed by atoms with E-state index in [9.17, 15) is 14.9 Å². The molecule has 2 aromatic rings. The van der Waals surface area contributed by atoms with Gasteiger partial charge in [0.05, 0.1) is 26.9 Å². The fourth-order valence-electron chi connectivity index (χ4n) is 3.31. The van der Waals surface area contributed by atoms with E-state index in [1.807, 2.05) is 37.3 Å². The van der Waals surface area contributed by atoms with Crippen molar-refractivity contribution in [2.45, 2.75) is 13.3 Å². The van der Waals surface area contributed by atoms with Gasteiger partial charge in [-0.15, -0.1) is 0 Å². The van der Waals surface area contributed by atoms with Crippen molar-refractivity contribution in [3.05, 3.63) is 65.2 Å². The third kappa shape index (κ3) is 7.45. The molecule has 1 saturated heterocycles. The zero-order valence-corrected chi connectivity index (χ0v) is 19.9. The maximum atomic E-state index is 12.6. The van der Waals surface area contributed by atoms with Gasteiger partial charge in [0, 0.05) is 19.2 Å². The summed E-state index contributed by atoms with van der Waals surface area (Å²) < 4.78 is 21.6. The Hall–Kier alpha value is -4.09. The lowest BCUT2D eigenvalue weighted by atomic mass is 10.1. The summed E-state index contributed by atoms with van der Waals surface area (Å²) in [5, 5.41) is 9.48. The minimum atomic E-state index is -0.571. The highest BCUT2D eigenvalue weighted by molar-refractivity contribution is 6.01. The van der Waals surface area contributed by atoms with Crippen LogP contribution < -0.4 is 14.2 Å². The summed E-state index contributed by atoms with van der Waals surface area (Å²) >= 11 is 0. The highest BCUT2D eigenvalue weighted by Gasteiger charge is 2.20. The average molecular weight is 477 g/mol. The number of carbonyl (C=O) groups excluding carboxylic acids is 2. The van der Waals surface area contributed by atoms with Crippen LogP contribution in [0.25, 0.3) is 12.2 Å². The van der Waals surface area contributed by atoms with Crippen LogP contribution in [0, 0.1) is 11.3 Å². The Kier molecular flexibility index (Phi) is 9.46. The Morgan fingerprint density at radius 3 is 2.46 bits per heavy atom. The van der Waals surface area contributed by atoms with Crippen molar-refractivity contribution in [1.29, 1.82) is 5.26 Å². The van der Waals surface area contributed by atoms with E-state index in [0.717, 1.165) is 17.7 Å². The van der Waals surface area contributed by atoms with Crippen LogP contribution in [0.5, 0.6) is 17.2 Å². The Balaban J connectivity index is 1.66. The number of carbonyl (C=O) groups is 2. The molecular weight excluding hydrogens is 448 g/mol. The summed E-state index contributed by atoms with van der Waals surface area (Å²) in [6.07, 6.45) is 5.38. The van der Waals surface area contributed by atoms with Crippen molar-refractivity contribution in [3.8, 4) is 23.3 Å². The second kappa shape index (κ2) is 13.0. The molecule has 0 saturated carbocycles. The summed E-state index contributed by atoms with van der Waals surface area (Å²) in [6.45, 7) is 4.48. The predicted molar refractivity (Wildman–Crippen MR) is 131 cm³/mol. The smallest absolute Gasteiger partial charge is 0.336 e. The van der Waals surface area contributed by atoms with Gasteiger partial charge in [0.2, 0.25) is 0 Å². The van der Waals surface area contributed by atoms with Crippen LogP contribution in [0.1, 0.15) is 24.5 Å². The van der Waals surface area contributed by atoms with E-state index in [-0.39, 0.29) is 17.2 Å². The fraction of sp³-hybridized carbons (Fsp3) is 0.296. The molecule has 8 nitrogen and oxygen atoms in total. The van der Waals surface area contributed by atoms with Crippen molar-refractivity contribution in [3.63, 3.8) is 0 Å². The molecule has 0 bridgehead atoms. The van der Waals surface area contributed by atoms with Crippen LogP contribution in [0.3, 0.4) is 0 Å². The van der Waals surface area contributed by atoms with Gasteiger partial charge >= 0.3 is 5.97 Å². The van der Waals surface area contributed by atoms with Gasteiger partial charge < -0.3 is 23.8 Å². The van der Waals surface area contributed by atoms with Gasteiger partial charge in [-0.3, -0.25) is 4.79 Å². The molecule has 1 heterocycles. The van der Waals surface area contributed by atoms with Gasteiger partial charge in [0.15, 0.2) is 11.5 Å². The number of hydrogen-bond donors (Lipinski definition) is 0. The molecule has 0 unspecified atom stereocenters. The first kappa shape index (κ1) is 25.5. The summed E-state index contributed by atoms with van der Waals surface area (Å²) in [7, 11) is 1.45. The molecule has 1 aliphatic heterocycles. The van der Waals surface area contributed by atoms with Gasteiger partial charge in [-0.25, -0.2) is 4.79 Å². The minimum Gasteiger partial charge on any atom is -0.494 e. The molecule has 1 aliphatic rings. The van der Waals surface area contributed by atoms with E-state index in [0.29, 0.717) is 44.2 Å². The molecule has 0 aromatic heterocycles. The molecular formula is C27H28N2O6. The highest BCUT2D eigenvalue weighted by atomic mass is 16.6. The Morgan fingerprint density at radius 1 is 1.09 bits per heavy atom. The molecule has 0 radical (unpaired) electrons. The fourth-order valence-corrected chi connectivity index (χ4v) is 3.31. The van der Waals surface area contributed by atoms with Gasteiger partial charge in [-0.1, -0.05) is 25.1 Å². The zero-order valence-electron chi connectivity index (χ0n) is 19.9. The number of hydrogen-bond acceptors (Lipinski definition) is 7. The second-order valence-corrected chi connectivity index (χ2v) is 7.66. The van der Waals surface area contributed by atoms with Crippen molar-refractivity contribution < 1.29 is 28.5 Å². The van der Waals surface area contributed by atoms with Crippen molar-refractivity contribution in [1.82, 2.24) is 4.90 Å². The zero-order chi connectivity index (χ0) is 25.0. The van der Waals surface area contributed by atoms with Crippen LogP contribution in [0.15, 0.2) is 54.1 Å². The highest BCUT2D eigenvalue weighted by Crippen LogP contribution is 2.29. The summed E-state index contributed by atoms with van der Waals surface area (Å²) in [6, 6.07) is 14.2. The Morgan fingerprint density at radius 2 is 1.80 bits per heavy atom. The Labute approximate surface area is 205 Å². The first-order valence-electron chi connectivity index (χ1n) is 11.3. The molecule has 2 aromatic carbocycles. The maximum Gasteiger partial charge on any atom is 0.336 e. The molecule has 0 spiro atoms. The molecule has 0 atom stereocenters. The molecule has 35 heavy (non-hydrogen) atoms. The normalized spacial score (nSPS) is 13.9. The lowest BCUT2D eigenvalue weighted by Crippen LogP contribution is -2.41. The van der Waals surface area contributed by atoms with Crippen molar-refractivity contribution in [2.24, 2.45) is 0 Å². The number of ether oxygens (including phenoxy) is 4. The van der Waals surface area contributed by atoms with Gasteiger partial charge in [0.1, 0.15) is 17.4 Å². The monoisotopic (exact) mass is 476 g/mol. The molecule has 8 heteroatoms. The standard InChI is InChI=1S/C27H28N2O6/c1-3-14-34-23-8-4-20(5-9-23)7-11-26(30)35-24-10-6-21(18-25(24)32-2)17-22(19-28)27(31)29-12-15-33-16-13-29/h4-11,17-18H,3,12-16H2,1-2H3/b11-7+,22-17+. The first-order valence-corrected chi connectivity index (χ1v) is 11.3. The predicted octanol–water partition coefficient (Wildman–Crippen LogP) is 3.87. The lowest BCUT2D eigenvalue weighted by molar-refractivity contribution is -0.130. The average Bonchev–Trinajstić information content (AvgIpc) is 2.90. The van der Waals surface area contributed by atoms with E-state index >= 15 is 0 Å². The number of esters is 1. The number of amides is 1. The molecule has 1 amide bonds. The lowest BCUT2D eigenvalue weighted by Gasteiger charge is -2.26. The van der Waals surface area contributed by atoms with Gasteiger partial charge in [-0.05, 0) is 54.0 Å². The summed E-state index contributed by atoms with van der Waals surface area (Å²) in [4.78, 5) is 26.5. The first-order chi connectivity index (χ1) is 17.0. The SMILES string of the molecule is CCCOc1ccc(/C=C/C(=O)Oc2ccc(/C=C(\C#N)C(=O)N3CCOCC3)cc2OC)cc1. The maximum absolute atomic E-state index is 12.6. The number of nitrogens with zero attached hydrogens (tertiary/aromatic N) is 2. The summed E-state index contributed by atoms with van der Waals surface area (Å²) in [5.41, 5.74) is 1.40. The van der Waals surface area contributed by atoms with E-state index in [1.54, 1.807) is 29.2 Å². The van der Waals surface area contributed by atoms with Gasteiger partial charge in [-0.2, -0.15) is 5.26 Å². The van der Waals surface area contributed by atoms with E-state index in [1.165, 1.54) is 19.3 Å². The molecule has 1 fully saturated rings. The van der Waals surface area contributed by atoms with E-state index in [2.05, 4.69) is 0 Å². The van der Waals surface area contributed by atoms with Crippen LogP contribution in [-0.4, -0.2) is 56.8 Å². The topological polar surface area (TPSA) is 98.1 Å². The van der Waals surface area contributed by atoms with Crippen molar-refractivity contribution in [2.75, 3.05) is 40.0 Å².